The Hall–Kier alpha value is -1.03. The molecule has 0 spiro atoms. The molecule has 1 heterocycles. The van der Waals surface area contributed by atoms with E-state index >= 15 is 0 Å². The number of rotatable bonds is 3. The molecule has 0 aliphatic rings. The largest absolute Gasteiger partial charge is 0.359 e. The summed E-state index contributed by atoms with van der Waals surface area (Å²) in [6.07, 6.45) is 1.79. The normalized spacial score (nSPS) is 11.0. The van der Waals surface area contributed by atoms with Crippen molar-refractivity contribution in [1.29, 1.82) is 0 Å². The molecular weight excluding hydrogens is 200 g/mol. The molecule has 14 heavy (non-hydrogen) atoms. The van der Waals surface area contributed by atoms with E-state index in [-0.39, 0.29) is 0 Å². The average Bonchev–Trinajstić information content (AvgIpc) is 2.58. The summed E-state index contributed by atoms with van der Waals surface area (Å²) >= 11 is 6.00. The fourth-order valence-electron chi connectivity index (χ4n) is 1.48. The van der Waals surface area contributed by atoms with Crippen LogP contribution in [-0.4, -0.2) is 12.1 Å². The lowest BCUT2D eigenvalue weighted by atomic mass is 10.1. The number of aromatic nitrogens is 1. The van der Waals surface area contributed by atoms with Gasteiger partial charge in [-0.25, -0.2) is 0 Å². The lowest BCUT2D eigenvalue weighted by Crippen LogP contribution is -2.10. The van der Waals surface area contributed by atoms with Gasteiger partial charge in [0.2, 0.25) is 0 Å². The first kappa shape index (κ1) is 9.52. The second-order valence-electron chi connectivity index (χ2n) is 3.00. The minimum Gasteiger partial charge on any atom is -0.359 e. The molecule has 1 aromatic carbocycles. The Morgan fingerprint density at radius 1 is 1.50 bits per heavy atom. The third kappa shape index (κ3) is 1.62. The minimum absolute atomic E-state index is 0.657. The fourth-order valence-corrected chi connectivity index (χ4v) is 1.69. The van der Waals surface area contributed by atoms with Crippen molar-refractivity contribution in [3.8, 4) is 0 Å². The third-order valence-electron chi connectivity index (χ3n) is 2.16. The molecular formula is C10H11ClN2O. The zero-order valence-electron chi connectivity index (χ0n) is 7.80. The van der Waals surface area contributed by atoms with Crippen LogP contribution < -0.4 is 5.48 Å². The van der Waals surface area contributed by atoms with Gasteiger partial charge in [-0.05, 0) is 5.56 Å². The zero-order chi connectivity index (χ0) is 9.97. The lowest BCUT2D eigenvalue weighted by molar-refractivity contribution is 0.0870. The highest BCUT2D eigenvalue weighted by atomic mass is 35.5. The summed E-state index contributed by atoms with van der Waals surface area (Å²) in [7, 11) is 1.60. The number of H-pyrrole nitrogens is 1. The molecule has 0 aliphatic carbocycles. The first-order valence-corrected chi connectivity index (χ1v) is 4.71. The van der Waals surface area contributed by atoms with Gasteiger partial charge in [0.25, 0.3) is 0 Å². The Balaban J connectivity index is 2.44. The topological polar surface area (TPSA) is 37.0 Å². The molecule has 2 aromatic rings. The van der Waals surface area contributed by atoms with Crippen LogP contribution in [0.3, 0.4) is 0 Å². The molecule has 0 atom stereocenters. The molecule has 4 heteroatoms. The standard InChI is InChI=1S/C10H11ClN2O/c1-14-13-5-7-3-2-4-8-9(11)6-12-10(7)8/h2-4,6,12-13H,5H2,1H3. The monoisotopic (exact) mass is 210 g/mol. The van der Waals surface area contributed by atoms with Crippen LogP contribution in [0.4, 0.5) is 0 Å². The van der Waals surface area contributed by atoms with Gasteiger partial charge in [-0.2, -0.15) is 5.48 Å². The van der Waals surface area contributed by atoms with Crippen molar-refractivity contribution in [2.75, 3.05) is 7.11 Å². The number of fused-ring (bicyclic) bond motifs is 1. The second kappa shape index (κ2) is 4.00. The molecule has 0 saturated carbocycles. The number of benzene rings is 1. The van der Waals surface area contributed by atoms with E-state index in [1.807, 2.05) is 18.2 Å². The molecule has 0 bridgehead atoms. The minimum atomic E-state index is 0.657. The van der Waals surface area contributed by atoms with Gasteiger partial charge in [-0.1, -0.05) is 29.8 Å². The first-order chi connectivity index (χ1) is 6.83. The molecule has 74 valence electrons. The van der Waals surface area contributed by atoms with E-state index in [2.05, 4.69) is 10.5 Å². The van der Waals surface area contributed by atoms with Crippen LogP contribution in [-0.2, 0) is 11.4 Å². The summed E-state index contributed by atoms with van der Waals surface area (Å²) in [6, 6.07) is 6.00. The van der Waals surface area contributed by atoms with Crippen molar-refractivity contribution in [3.05, 3.63) is 35.0 Å². The Morgan fingerprint density at radius 3 is 3.14 bits per heavy atom. The maximum atomic E-state index is 6.00. The van der Waals surface area contributed by atoms with Gasteiger partial charge in [0.1, 0.15) is 0 Å². The third-order valence-corrected chi connectivity index (χ3v) is 2.47. The molecule has 2 N–H and O–H groups in total. The first-order valence-electron chi connectivity index (χ1n) is 4.33. The Bertz CT molecular complexity index is 439. The van der Waals surface area contributed by atoms with Crippen LogP contribution in [0.2, 0.25) is 5.02 Å². The number of nitrogens with one attached hydrogen (secondary N) is 2. The SMILES string of the molecule is CONCc1cccc2c(Cl)c[nH]c12. The number of hydrogen-bond donors (Lipinski definition) is 2. The van der Waals surface area contributed by atoms with Crippen LogP contribution in [0, 0.1) is 0 Å². The number of hydroxylamine groups is 1. The summed E-state index contributed by atoms with van der Waals surface area (Å²) in [6.45, 7) is 0.657. The van der Waals surface area contributed by atoms with E-state index < -0.39 is 0 Å². The molecule has 1 aromatic heterocycles. The molecule has 0 unspecified atom stereocenters. The molecule has 3 nitrogen and oxygen atoms in total. The number of aromatic amines is 1. The van der Waals surface area contributed by atoms with Gasteiger partial charge in [0.05, 0.1) is 17.6 Å². The zero-order valence-corrected chi connectivity index (χ0v) is 8.56. The predicted octanol–water partition coefficient (Wildman–Crippen LogP) is 2.47. The van der Waals surface area contributed by atoms with Crippen LogP contribution in [0.15, 0.2) is 24.4 Å². The predicted molar refractivity (Wildman–Crippen MR) is 57.2 cm³/mol. The van der Waals surface area contributed by atoms with Crippen LogP contribution >= 0.6 is 11.6 Å². The molecule has 0 radical (unpaired) electrons. The quantitative estimate of drug-likeness (QED) is 0.764. The van der Waals surface area contributed by atoms with Crippen molar-refractivity contribution >= 4 is 22.5 Å². The Morgan fingerprint density at radius 2 is 2.36 bits per heavy atom. The molecule has 0 amide bonds. The second-order valence-corrected chi connectivity index (χ2v) is 3.41. The smallest absolute Gasteiger partial charge is 0.0659 e. The maximum absolute atomic E-state index is 6.00. The van der Waals surface area contributed by atoms with Crippen molar-refractivity contribution in [1.82, 2.24) is 10.5 Å². The molecule has 0 aliphatic heterocycles. The van der Waals surface area contributed by atoms with E-state index in [1.165, 1.54) is 0 Å². The van der Waals surface area contributed by atoms with Gasteiger partial charge < -0.3 is 9.82 Å². The number of halogens is 1. The van der Waals surface area contributed by atoms with Gasteiger partial charge in [-0.3, -0.25) is 0 Å². The number of hydrogen-bond acceptors (Lipinski definition) is 2. The number of para-hydroxylation sites is 1. The average molecular weight is 211 g/mol. The summed E-state index contributed by atoms with van der Waals surface area (Å²) in [5, 5.41) is 1.79. The highest BCUT2D eigenvalue weighted by Gasteiger charge is 2.04. The van der Waals surface area contributed by atoms with Gasteiger partial charge in [0.15, 0.2) is 0 Å². The molecule has 0 saturated heterocycles. The summed E-state index contributed by atoms with van der Waals surface area (Å²) in [4.78, 5) is 7.94. The highest BCUT2D eigenvalue weighted by molar-refractivity contribution is 6.35. The Labute approximate surface area is 87.0 Å². The maximum Gasteiger partial charge on any atom is 0.0659 e. The fraction of sp³-hybridized carbons (Fsp3) is 0.200. The van der Waals surface area contributed by atoms with E-state index in [0.29, 0.717) is 6.54 Å². The van der Waals surface area contributed by atoms with E-state index in [4.69, 9.17) is 16.4 Å². The van der Waals surface area contributed by atoms with Crippen LogP contribution in [0.25, 0.3) is 10.9 Å². The molecule has 2 rings (SSSR count). The van der Waals surface area contributed by atoms with E-state index in [1.54, 1.807) is 13.3 Å². The van der Waals surface area contributed by atoms with Gasteiger partial charge in [0, 0.05) is 18.1 Å². The van der Waals surface area contributed by atoms with Crippen LogP contribution in [0.5, 0.6) is 0 Å². The summed E-state index contributed by atoms with van der Waals surface area (Å²) in [5.74, 6) is 0. The van der Waals surface area contributed by atoms with Crippen LogP contribution in [0.1, 0.15) is 5.56 Å². The summed E-state index contributed by atoms with van der Waals surface area (Å²) < 4.78 is 0. The lowest BCUT2D eigenvalue weighted by Gasteiger charge is -2.03. The van der Waals surface area contributed by atoms with E-state index in [0.717, 1.165) is 21.5 Å². The highest BCUT2D eigenvalue weighted by Crippen LogP contribution is 2.25. The van der Waals surface area contributed by atoms with Crippen molar-refractivity contribution < 1.29 is 4.84 Å². The van der Waals surface area contributed by atoms with Gasteiger partial charge >= 0.3 is 0 Å². The van der Waals surface area contributed by atoms with Crippen molar-refractivity contribution in [2.24, 2.45) is 0 Å². The van der Waals surface area contributed by atoms with Crippen molar-refractivity contribution in [2.45, 2.75) is 6.54 Å². The van der Waals surface area contributed by atoms with Crippen molar-refractivity contribution in [3.63, 3.8) is 0 Å². The summed E-state index contributed by atoms with van der Waals surface area (Å²) in [5.41, 5.74) is 5.00. The van der Waals surface area contributed by atoms with E-state index in [9.17, 15) is 0 Å². The van der Waals surface area contributed by atoms with Gasteiger partial charge in [-0.15, -0.1) is 0 Å². The molecule has 0 fully saturated rings. The Kier molecular flexibility index (Phi) is 2.72.